The molecule has 84 valence electrons. The Hall–Kier alpha value is -1.11. The Kier molecular flexibility index (Phi) is 2.90. The molecule has 0 atom stereocenters. The predicted molar refractivity (Wildman–Crippen MR) is 55.8 cm³/mol. The first-order chi connectivity index (χ1) is 7.18. The van der Waals surface area contributed by atoms with E-state index in [1.54, 1.807) is 0 Å². The average Bonchev–Trinajstić information content (AvgIpc) is 2.71. The van der Waals surface area contributed by atoms with Gasteiger partial charge in [-0.2, -0.15) is 10.3 Å². The normalized spacial score (nSPS) is 18.9. The van der Waals surface area contributed by atoms with E-state index < -0.39 is 10.0 Å². The van der Waals surface area contributed by atoms with Crippen molar-refractivity contribution in [2.24, 2.45) is 0 Å². The van der Waals surface area contributed by atoms with Crippen LogP contribution < -0.4 is 4.72 Å². The highest BCUT2D eigenvalue weighted by Gasteiger charge is 2.27. The van der Waals surface area contributed by atoms with Crippen molar-refractivity contribution >= 4 is 15.8 Å². The number of hydrogen-bond donors (Lipinski definition) is 2. The lowest BCUT2D eigenvalue weighted by molar-refractivity contribution is 0.486. The zero-order valence-electron chi connectivity index (χ0n) is 8.31. The van der Waals surface area contributed by atoms with Crippen LogP contribution in [0.2, 0.25) is 0 Å². The van der Waals surface area contributed by atoms with Crippen molar-refractivity contribution in [2.45, 2.75) is 37.4 Å². The second-order valence-corrected chi connectivity index (χ2v) is 5.72. The molecule has 1 fully saturated rings. The summed E-state index contributed by atoms with van der Waals surface area (Å²) in [5.41, 5.74) is 0. The minimum absolute atomic E-state index is 0.264. The molecule has 0 aromatic carbocycles. The minimum Gasteiger partial charge on any atom is -0.264 e. The molecule has 1 aromatic heterocycles. The SMILES string of the molecule is O=S(=O)(Nc1cn[nH]n1)C1CCCCC1. The first kappa shape index (κ1) is 10.4. The van der Waals surface area contributed by atoms with Gasteiger partial charge in [0.15, 0.2) is 5.82 Å². The number of nitrogens with one attached hydrogen (secondary N) is 2. The van der Waals surface area contributed by atoms with Crippen LogP contribution in [-0.2, 0) is 10.0 Å². The average molecular weight is 230 g/mol. The summed E-state index contributed by atoms with van der Waals surface area (Å²) >= 11 is 0. The van der Waals surface area contributed by atoms with Crippen LogP contribution in [0.1, 0.15) is 32.1 Å². The fraction of sp³-hybridized carbons (Fsp3) is 0.750. The molecule has 6 nitrogen and oxygen atoms in total. The number of rotatable bonds is 3. The summed E-state index contributed by atoms with van der Waals surface area (Å²) in [5, 5.41) is 9.31. The molecule has 2 N–H and O–H groups in total. The van der Waals surface area contributed by atoms with Gasteiger partial charge in [0.25, 0.3) is 0 Å². The Morgan fingerprint density at radius 1 is 1.33 bits per heavy atom. The molecule has 0 amide bonds. The molecule has 1 aliphatic carbocycles. The van der Waals surface area contributed by atoms with Crippen LogP contribution in [0, 0.1) is 0 Å². The number of H-pyrrole nitrogens is 1. The van der Waals surface area contributed by atoms with Crippen LogP contribution in [0.15, 0.2) is 6.20 Å². The van der Waals surface area contributed by atoms with E-state index in [0.717, 1.165) is 32.1 Å². The van der Waals surface area contributed by atoms with Gasteiger partial charge in [-0.15, -0.1) is 5.10 Å². The highest BCUT2D eigenvalue weighted by Crippen LogP contribution is 2.24. The number of hydrogen-bond acceptors (Lipinski definition) is 4. The molecule has 1 aromatic rings. The molecule has 1 aliphatic rings. The molecule has 0 saturated heterocycles. The van der Waals surface area contributed by atoms with Gasteiger partial charge in [0.2, 0.25) is 10.0 Å². The smallest absolute Gasteiger partial charge is 0.236 e. The molecule has 0 unspecified atom stereocenters. The van der Waals surface area contributed by atoms with E-state index in [1.807, 2.05) is 0 Å². The zero-order chi connectivity index (χ0) is 10.7. The van der Waals surface area contributed by atoms with Gasteiger partial charge < -0.3 is 0 Å². The van der Waals surface area contributed by atoms with Crippen molar-refractivity contribution in [3.05, 3.63) is 6.20 Å². The molecule has 0 radical (unpaired) electrons. The van der Waals surface area contributed by atoms with Crippen LogP contribution in [-0.4, -0.2) is 29.1 Å². The van der Waals surface area contributed by atoms with Crippen LogP contribution in [0.3, 0.4) is 0 Å². The van der Waals surface area contributed by atoms with Crippen LogP contribution in [0.5, 0.6) is 0 Å². The maximum absolute atomic E-state index is 11.9. The summed E-state index contributed by atoms with van der Waals surface area (Å²) in [6.45, 7) is 0. The van der Waals surface area contributed by atoms with E-state index in [9.17, 15) is 8.42 Å². The maximum atomic E-state index is 11.9. The second kappa shape index (κ2) is 4.18. The van der Waals surface area contributed by atoms with E-state index in [0.29, 0.717) is 0 Å². The fourth-order valence-electron chi connectivity index (χ4n) is 1.86. The molecule has 0 bridgehead atoms. The molecular weight excluding hydrogens is 216 g/mol. The lowest BCUT2D eigenvalue weighted by atomic mass is 10.0. The third kappa shape index (κ3) is 2.47. The third-order valence-electron chi connectivity index (χ3n) is 2.65. The van der Waals surface area contributed by atoms with Crippen LogP contribution in [0.25, 0.3) is 0 Å². The Labute approximate surface area is 88.5 Å². The topological polar surface area (TPSA) is 87.7 Å². The van der Waals surface area contributed by atoms with Crippen molar-refractivity contribution in [1.82, 2.24) is 15.4 Å². The van der Waals surface area contributed by atoms with E-state index in [4.69, 9.17) is 0 Å². The van der Waals surface area contributed by atoms with Crippen molar-refractivity contribution in [3.63, 3.8) is 0 Å². The van der Waals surface area contributed by atoms with Gasteiger partial charge in [0.1, 0.15) is 0 Å². The molecule has 1 saturated carbocycles. The van der Waals surface area contributed by atoms with Gasteiger partial charge in [0, 0.05) is 0 Å². The van der Waals surface area contributed by atoms with E-state index in [2.05, 4.69) is 20.1 Å². The van der Waals surface area contributed by atoms with Crippen molar-refractivity contribution in [3.8, 4) is 0 Å². The first-order valence-electron chi connectivity index (χ1n) is 5.06. The highest BCUT2D eigenvalue weighted by molar-refractivity contribution is 7.93. The van der Waals surface area contributed by atoms with Gasteiger partial charge >= 0.3 is 0 Å². The number of nitrogens with zero attached hydrogens (tertiary/aromatic N) is 2. The standard InChI is InChI=1S/C8H14N4O2S/c13-15(14,7-4-2-1-3-5-7)11-8-6-9-12-10-8/h6-7H,1-5H2,(H2,9,10,11,12). The summed E-state index contributed by atoms with van der Waals surface area (Å²) in [6.07, 6.45) is 5.96. The van der Waals surface area contributed by atoms with Gasteiger partial charge in [-0.1, -0.05) is 19.3 Å². The number of aromatic amines is 1. The lowest BCUT2D eigenvalue weighted by Gasteiger charge is -2.21. The Morgan fingerprint density at radius 2 is 2.07 bits per heavy atom. The molecule has 1 heterocycles. The second-order valence-electron chi connectivity index (χ2n) is 3.76. The lowest BCUT2D eigenvalue weighted by Crippen LogP contribution is -2.29. The molecule has 2 rings (SSSR count). The molecule has 0 spiro atoms. The quantitative estimate of drug-likeness (QED) is 0.806. The molecule has 7 heteroatoms. The number of sulfonamides is 1. The number of aromatic nitrogens is 3. The Balaban J connectivity index is 2.05. The van der Waals surface area contributed by atoms with Crippen molar-refractivity contribution in [1.29, 1.82) is 0 Å². The van der Waals surface area contributed by atoms with Crippen molar-refractivity contribution < 1.29 is 8.42 Å². The van der Waals surface area contributed by atoms with Gasteiger partial charge in [-0.05, 0) is 12.8 Å². The predicted octanol–water partition coefficient (Wildman–Crippen LogP) is 0.879. The van der Waals surface area contributed by atoms with E-state index in [-0.39, 0.29) is 11.1 Å². The summed E-state index contributed by atoms with van der Waals surface area (Å²) in [5.74, 6) is 0.264. The third-order valence-corrected chi connectivity index (χ3v) is 4.50. The van der Waals surface area contributed by atoms with Crippen molar-refractivity contribution in [2.75, 3.05) is 4.72 Å². The fourth-order valence-corrected chi connectivity index (χ4v) is 3.37. The van der Waals surface area contributed by atoms with E-state index >= 15 is 0 Å². The van der Waals surface area contributed by atoms with Crippen LogP contribution >= 0.6 is 0 Å². The Morgan fingerprint density at radius 3 is 2.67 bits per heavy atom. The summed E-state index contributed by atoms with van der Waals surface area (Å²) in [4.78, 5) is 0. The minimum atomic E-state index is -3.28. The number of anilines is 1. The summed E-state index contributed by atoms with van der Waals surface area (Å²) in [6, 6.07) is 0. The van der Waals surface area contributed by atoms with Gasteiger partial charge in [-0.3, -0.25) is 4.72 Å². The maximum Gasteiger partial charge on any atom is 0.236 e. The van der Waals surface area contributed by atoms with Gasteiger partial charge in [-0.25, -0.2) is 8.42 Å². The monoisotopic (exact) mass is 230 g/mol. The first-order valence-corrected chi connectivity index (χ1v) is 6.60. The Bertz CT molecular complexity index is 394. The molecule has 15 heavy (non-hydrogen) atoms. The molecule has 0 aliphatic heterocycles. The zero-order valence-corrected chi connectivity index (χ0v) is 9.13. The molecular formula is C8H14N4O2S. The largest absolute Gasteiger partial charge is 0.264 e. The van der Waals surface area contributed by atoms with E-state index in [1.165, 1.54) is 6.20 Å². The highest BCUT2D eigenvalue weighted by atomic mass is 32.2. The van der Waals surface area contributed by atoms with Crippen LogP contribution in [0.4, 0.5) is 5.82 Å². The van der Waals surface area contributed by atoms with Gasteiger partial charge in [0.05, 0.1) is 11.4 Å². The summed E-state index contributed by atoms with van der Waals surface area (Å²) in [7, 11) is -3.28. The summed E-state index contributed by atoms with van der Waals surface area (Å²) < 4.78 is 26.2.